The number of aryl methyl sites for hydroxylation is 1. The molecule has 0 saturated heterocycles. The molecule has 0 aliphatic carbocycles. The number of rotatable bonds is 6. The second kappa shape index (κ2) is 7.88. The van der Waals surface area contributed by atoms with Gasteiger partial charge in [0, 0.05) is 11.1 Å². The van der Waals surface area contributed by atoms with E-state index in [1.807, 2.05) is 13.0 Å². The molecule has 3 rings (SSSR count). The fourth-order valence-corrected chi connectivity index (χ4v) is 2.41. The minimum Gasteiger partial charge on any atom is -0.495 e. The van der Waals surface area contributed by atoms with Crippen molar-refractivity contribution in [1.82, 2.24) is 15.5 Å². The number of carbonyl (C=O) groups excluding carboxylic acids is 1. The quantitative estimate of drug-likeness (QED) is 0.685. The number of furan rings is 1. The monoisotopic (exact) mass is 372 g/mol. The molecule has 1 amide bonds. The molecule has 3 aromatic rings. The number of benzene rings is 1. The van der Waals surface area contributed by atoms with E-state index in [1.54, 1.807) is 43.7 Å². The Labute approximate surface area is 155 Å². The normalized spacial score (nSPS) is 10.4. The van der Waals surface area contributed by atoms with Gasteiger partial charge in [0.15, 0.2) is 11.5 Å². The van der Waals surface area contributed by atoms with Crippen LogP contribution in [0.25, 0.3) is 0 Å². The average molecular weight is 373 g/mol. The number of ether oxygens (including phenoxy) is 1. The first kappa shape index (κ1) is 17.8. The first-order valence-electron chi connectivity index (χ1n) is 7.82. The first-order valence-corrected chi connectivity index (χ1v) is 8.20. The zero-order valence-electron chi connectivity index (χ0n) is 14.2. The lowest BCUT2D eigenvalue weighted by atomic mass is 10.2. The van der Waals surface area contributed by atoms with Crippen LogP contribution in [0.4, 0.5) is 11.5 Å². The molecular weight excluding hydrogens is 356 g/mol. The highest BCUT2D eigenvalue weighted by molar-refractivity contribution is 6.31. The summed E-state index contributed by atoms with van der Waals surface area (Å²) in [5.74, 6) is 1.39. The van der Waals surface area contributed by atoms with E-state index >= 15 is 0 Å². The summed E-state index contributed by atoms with van der Waals surface area (Å²) in [5.41, 5.74) is 1.82. The van der Waals surface area contributed by atoms with Crippen molar-refractivity contribution in [2.75, 3.05) is 12.4 Å². The van der Waals surface area contributed by atoms with Crippen LogP contribution < -0.4 is 15.4 Å². The number of aromatic nitrogens is 2. The minimum absolute atomic E-state index is 0.210. The highest BCUT2D eigenvalue weighted by atomic mass is 35.5. The van der Waals surface area contributed by atoms with Crippen molar-refractivity contribution in [1.29, 1.82) is 0 Å². The zero-order chi connectivity index (χ0) is 18.5. The third kappa shape index (κ3) is 4.12. The van der Waals surface area contributed by atoms with Gasteiger partial charge >= 0.3 is 0 Å². The van der Waals surface area contributed by atoms with Gasteiger partial charge in [-0.15, -0.1) is 10.2 Å². The second-order valence-corrected chi connectivity index (χ2v) is 5.90. The lowest BCUT2D eigenvalue weighted by molar-refractivity contribution is 0.0942. The molecule has 0 radical (unpaired) electrons. The van der Waals surface area contributed by atoms with E-state index in [9.17, 15) is 4.79 Å². The van der Waals surface area contributed by atoms with E-state index in [0.29, 0.717) is 28.0 Å². The van der Waals surface area contributed by atoms with Crippen molar-refractivity contribution < 1.29 is 13.9 Å². The average Bonchev–Trinajstić information content (AvgIpc) is 3.17. The number of nitrogens with one attached hydrogen (secondary N) is 2. The maximum absolute atomic E-state index is 12.1. The summed E-state index contributed by atoms with van der Waals surface area (Å²) in [6.07, 6.45) is 1.55. The summed E-state index contributed by atoms with van der Waals surface area (Å²) >= 11 is 6.10. The van der Waals surface area contributed by atoms with Crippen molar-refractivity contribution in [3.8, 4) is 5.75 Å². The van der Waals surface area contributed by atoms with E-state index < -0.39 is 0 Å². The molecule has 0 bridgehead atoms. The molecule has 2 heterocycles. The molecule has 0 aliphatic rings. The van der Waals surface area contributed by atoms with Gasteiger partial charge in [0.2, 0.25) is 0 Å². The van der Waals surface area contributed by atoms with Crippen molar-refractivity contribution in [3.63, 3.8) is 0 Å². The maximum Gasteiger partial charge on any atom is 0.272 e. The Balaban J connectivity index is 1.68. The van der Waals surface area contributed by atoms with E-state index in [1.165, 1.54) is 0 Å². The van der Waals surface area contributed by atoms with Gasteiger partial charge in [-0.3, -0.25) is 4.79 Å². The van der Waals surface area contributed by atoms with Crippen molar-refractivity contribution in [2.45, 2.75) is 13.5 Å². The van der Waals surface area contributed by atoms with Gasteiger partial charge in [0.1, 0.15) is 11.5 Å². The van der Waals surface area contributed by atoms with Gasteiger partial charge in [-0.05, 0) is 42.8 Å². The van der Waals surface area contributed by atoms with Crippen LogP contribution in [0.3, 0.4) is 0 Å². The molecule has 0 saturated carbocycles. The lowest BCUT2D eigenvalue weighted by Gasteiger charge is -2.12. The molecule has 2 N–H and O–H groups in total. The van der Waals surface area contributed by atoms with Gasteiger partial charge < -0.3 is 19.8 Å². The van der Waals surface area contributed by atoms with Crippen LogP contribution in [-0.4, -0.2) is 23.2 Å². The molecule has 2 aromatic heterocycles. The zero-order valence-corrected chi connectivity index (χ0v) is 15.0. The predicted octanol–water partition coefficient (Wildman–Crippen LogP) is 3.71. The van der Waals surface area contributed by atoms with Crippen LogP contribution in [-0.2, 0) is 6.54 Å². The SMILES string of the molecule is COc1cc(Cl)c(C)cc1Nc1ccc(C(=O)NCc2ccco2)nn1. The highest BCUT2D eigenvalue weighted by Gasteiger charge is 2.11. The lowest BCUT2D eigenvalue weighted by Crippen LogP contribution is -2.23. The molecule has 1 aromatic carbocycles. The third-order valence-electron chi connectivity index (χ3n) is 3.64. The predicted molar refractivity (Wildman–Crippen MR) is 97.9 cm³/mol. The second-order valence-electron chi connectivity index (χ2n) is 5.49. The van der Waals surface area contributed by atoms with Gasteiger partial charge in [-0.1, -0.05) is 11.6 Å². The molecule has 26 heavy (non-hydrogen) atoms. The topological polar surface area (TPSA) is 89.3 Å². The molecule has 0 atom stereocenters. The van der Waals surface area contributed by atoms with Gasteiger partial charge in [0.05, 0.1) is 25.6 Å². The van der Waals surface area contributed by atoms with Gasteiger partial charge in [-0.25, -0.2) is 0 Å². The fourth-order valence-electron chi connectivity index (χ4n) is 2.26. The smallest absolute Gasteiger partial charge is 0.272 e. The summed E-state index contributed by atoms with van der Waals surface area (Å²) in [6, 6.07) is 10.4. The Morgan fingerprint density at radius 1 is 1.27 bits per heavy atom. The summed E-state index contributed by atoms with van der Waals surface area (Å²) < 4.78 is 10.5. The van der Waals surface area contributed by atoms with Crippen LogP contribution in [0.15, 0.2) is 47.1 Å². The molecule has 8 heteroatoms. The summed E-state index contributed by atoms with van der Waals surface area (Å²) in [6.45, 7) is 2.18. The molecule has 7 nitrogen and oxygen atoms in total. The van der Waals surface area contributed by atoms with Gasteiger partial charge in [-0.2, -0.15) is 0 Å². The van der Waals surface area contributed by atoms with E-state index in [-0.39, 0.29) is 18.1 Å². The molecule has 134 valence electrons. The first-order chi connectivity index (χ1) is 12.6. The van der Waals surface area contributed by atoms with E-state index in [2.05, 4.69) is 20.8 Å². The Morgan fingerprint density at radius 2 is 2.12 bits per heavy atom. The van der Waals surface area contributed by atoms with Crippen LogP contribution in [0.5, 0.6) is 5.75 Å². The third-order valence-corrected chi connectivity index (χ3v) is 4.05. The van der Waals surface area contributed by atoms with Crippen molar-refractivity contribution in [2.24, 2.45) is 0 Å². The molecule has 0 unspecified atom stereocenters. The molecule has 0 spiro atoms. The molecular formula is C18H17ClN4O3. The Kier molecular flexibility index (Phi) is 5.38. The van der Waals surface area contributed by atoms with Crippen molar-refractivity contribution in [3.05, 3.63) is 64.7 Å². The number of hydrogen-bond acceptors (Lipinski definition) is 6. The Hall–Kier alpha value is -3.06. The summed E-state index contributed by atoms with van der Waals surface area (Å²) in [5, 5.41) is 14.4. The molecule has 0 fully saturated rings. The van der Waals surface area contributed by atoms with Gasteiger partial charge in [0.25, 0.3) is 5.91 Å². The fraction of sp³-hybridized carbons (Fsp3) is 0.167. The number of halogens is 1. The largest absolute Gasteiger partial charge is 0.495 e. The number of anilines is 2. The Bertz CT molecular complexity index is 896. The maximum atomic E-state index is 12.1. The standard InChI is InChI=1S/C18H17ClN4O3/c1-11-8-15(16(25-2)9-13(11)19)21-17-6-5-14(22-23-17)18(24)20-10-12-4-3-7-26-12/h3-9H,10H2,1-2H3,(H,20,24)(H,21,23). The minimum atomic E-state index is -0.333. The van der Waals surface area contributed by atoms with Crippen LogP contribution in [0.2, 0.25) is 5.02 Å². The van der Waals surface area contributed by atoms with Crippen LogP contribution in [0.1, 0.15) is 21.8 Å². The summed E-state index contributed by atoms with van der Waals surface area (Å²) in [7, 11) is 1.56. The Morgan fingerprint density at radius 3 is 2.77 bits per heavy atom. The number of amides is 1. The number of nitrogens with zero attached hydrogens (tertiary/aromatic N) is 2. The number of hydrogen-bond donors (Lipinski definition) is 2. The number of methoxy groups -OCH3 is 1. The van der Waals surface area contributed by atoms with Crippen LogP contribution in [0, 0.1) is 6.92 Å². The van der Waals surface area contributed by atoms with E-state index in [0.717, 1.165) is 5.56 Å². The number of carbonyl (C=O) groups is 1. The van der Waals surface area contributed by atoms with E-state index in [4.69, 9.17) is 20.8 Å². The van der Waals surface area contributed by atoms with Crippen molar-refractivity contribution >= 4 is 29.0 Å². The highest BCUT2D eigenvalue weighted by Crippen LogP contribution is 2.32. The summed E-state index contributed by atoms with van der Waals surface area (Å²) in [4.78, 5) is 12.1. The molecule has 0 aliphatic heterocycles. The van der Waals surface area contributed by atoms with Crippen LogP contribution >= 0.6 is 11.6 Å².